The highest BCUT2D eigenvalue weighted by molar-refractivity contribution is 6.34. The standard InChI is InChI=1S/C14H15ClFNO/c1-2-17-13(8-3-4-8)12-6-9-5-10(16)7-11(15)14(9)18-12/h5-8,13,17H,2-4H2,1H3. The van der Waals surface area contributed by atoms with E-state index in [0.29, 0.717) is 16.5 Å². The van der Waals surface area contributed by atoms with Gasteiger partial charge in [0.25, 0.3) is 0 Å². The van der Waals surface area contributed by atoms with Crippen molar-refractivity contribution in [3.05, 3.63) is 34.8 Å². The molecule has 2 aromatic rings. The molecule has 4 heteroatoms. The van der Waals surface area contributed by atoms with Crippen LogP contribution in [-0.2, 0) is 0 Å². The number of nitrogens with one attached hydrogen (secondary N) is 1. The van der Waals surface area contributed by atoms with E-state index in [9.17, 15) is 4.39 Å². The van der Waals surface area contributed by atoms with Crippen molar-refractivity contribution in [1.29, 1.82) is 0 Å². The second kappa shape index (κ2) is 4.56. The van der Waals surface area contributed by atoms with E-state index < -0.39 is 0 Å². The number of fused-ring (bicyclic) bond motifs is 1. The molecule has 0 amide bonds. The number of benzene rings is 1. The average molecular weight is 268 g/mol. The van der Waals surface area contributed by atoms with Crippen LogP contribution in [0.25, 0.3) is 11.0 Å². The smallest absolute Gasteiger partial charge is 0.153 e. The van der Waals surface area contributed by atoms with Gasteiger partial charge in [-0.2, -0.15) is 0 Å². The molecule has 1 unspecified atom stereocenters. The fourth-order valence-corrected chi connectivity index (χ4v) is 2.65. The number of hydrogen-bond donors (Lipinski definition) is 1. The van der Waals surface area contributed by atoms with E-state index in [1.807, 2.05) is 6.07 Å². The SMILES string of the molecule is CCNC(c1cc2cc(F)cc(Cl)c2o1)C1CC1. The van der Waals surface area contributed by atoms with Crippen LogP contribution in [-0.4, -0.2) is 6.54 Å². The van der Waals surface area contributed by atoms with Crippen molar-refractivity contribution >= 4 is 22.6 Å². The zero-order chi connectivity index (χ0) is 12.7. The van der Waals surface area contributed by atoms with Crippen LogP contribution in [0.1, 0.15) is 31.6 Å². The predicted molar refractivity (Wildman–Crippen MR) is 70.3 cm³/mol. The second-order valence-electron chi connectivity index (χ2n) is 4.83. The minimum atomic E-state index is -0.328. The summed E-state index contributed by atoms with van der Waals surface area (Å²) in [6.07, 6.45) is 2.44. The molecular formula is C14H15ClFNO. The summed E-state index contributed by atoms with van der Waals surface area (Å²) in [5.74, 6) is 1.17. The quantitative estimate of drug-likeness (QED) is 0.894. The van der Waals surface area contributed by atoms with Gasteiger partial charge in [-0.15, -0.1) is 0 Å². The largest absolute Gasteiger partial charge is 0.458 e. The predicted octanol–water partition coefficient (Wildman–Crippen LogP) is 4.29. The Labute approximate surface area is 110 Å². The normalized spacial score (nSPS) is 17.3. The number of halogens is 2. The summed E-state index contributed by atoms with van der Waals surface area (Å²) in [7, 11) is 0. The monoisotopic (exact) mass is 267 g/mol. The lowest BCUT2D eigenvalue weighted by atomic mass is 10.1. The third-order valence-electron chi connectivity index (χ3n) is 3.38. The van der Waals surface area contributed by atoms with E-state index in [-0.39, 0.29) is 11.9 Å². The van der Waals surface area contributed by atoms with Crippen LogP contribution in [0.3, 0.4) is 0 Å². The molecule has 0 radical (unpaired) electrons. The molecule has 1 N–H and O–H groups in total. The van der Waals surface area contributed by atoms with Crippen molar-refractivity contribution < 1.29 is 8.81 Å². The Balaban J connectivity index is 2.03. The molecule has 1 aromatic carbocycles. The highest BCUT2D eigenvalue weighted by Crippen LogP contribution is 2.43. The van der Waals surface area contributed by atoms with E-state index in [0.717, 1.165) is 17.7 Å². The van der Waals surface area contributed by atoms with Crippen LogP contribution in [0, 0.1) is 11.7 Å². The summed E-state index contributed by atoms with van der Waals surface area (Å²) in [6.45, 7) is 2.96. The Morgan fingerprint density at radius 1 is 1.44 bits per heavy atom. The lowest BCUT2D eigenvalue weighted by molar-refractivity contribution is 0.403. The molecule has 1 aliphatic rings. The maximum Gasteiger partial charge on any atom is 0.153 e. The molecule has 1 aliphatic carbocycles. The lowest BCUT2D eigenvalue weighted by Gasteiger charge is -2.13. The van der Waals surface area contributed by atoms with Gasteiger partial charge in [0.2, 0.25) is 0 Å². The van der Waals surface area contributed by atoms with Crippen molar-refractivity contribution in [2.45, 2.75) is 25.8 Å². The third-order valence-corrected chi connectivity index (χ3v) is 3.66. The molecular weight excluding hydrogens is 253 g/mol. The number of rotatable bonds is 4. The van der Waals surface area contributed by atoms with Gasteiger partial charge in [0.15, 0.2) is 5.58 Å². The third kappa shape index (κ3) is 2.13. The number of hydrogen-bond acceptors (Lipinski definition) is 2. The van der Waals surface area contributed by atoms with Crippen LogP contribution in [0.5, 0.6) is 0 Å². The van der Waals surface area contributed by atoms with Crippen molar-refractivity contribution in [3.63, 3.8) is 0 Å². The van der Waals surface area contributed by atoms with E-state index in [4.69, 9.17) is 16.0 Å². The topological polar surface area (TPSA) is 25.2 Å². The zero-order valence-electron chi connectivity index (χ0n) is 10.2. The summed E-state index contributed by atoms with van der Waals surface area (Å²) < 4.78 is 19.1. The van der Waals surface area contributed by atoms with Crippen LogP contribution in [0.15, 0.2) is 22.6 Å². The minimum absolute atomic E-state index is 0.224. The molecule has 0 bridgehead atoms. The summed E-state index contributed by atoms with van der Waals surface area (Å²) >= 11 is 6.00. The zero-order valence-corrected chi connectivity index (χ0v) is 10.9. The van der Waals surface area contributed by atoms with E-state index in [2.05, 4.69) is 12.2 Å². The summed E-state index contributed by atoms with van der Waals surface area (Å²) in [4.78, 5) is 0. The molecule has 1 aromatic heterocycles. The molecule has 1 fully saturated rings. The molecule has 1 heterocycles. The highest BCUT2D eigenvalue weighted by Gasteiger charge is 2.34. The maximum absolute atomic E-state index is 13.3. The fraction of sp³-hybridized carbons (Fsp3) is 0.429. The summed E-state index contributed by atoms with van der Waals surface area (Å²) in [5, 5.41) is 4.50. The number of furan rings is 1. The van der Waals surface area contributed by atoms with Gasteiger partial charge < -0.3 is 9.73 Å². The first-order valence-corrected chi connectivity index (χ1v) is 6.68. The Bertz CT molecular complexity index is 576. The Morgan fingerprint density at radius 3 is 2.89 bits per heavy atom. The molecule has 0 saturated heterocycles. The van der Waals surface area contributed by atoms with Gasteiger partial charge in [-0.3, -0.25) is 0 Å². The molecule has 18 heavy (non-hydrogen) atoms. The summed E-state index contributed by atoms with van der Waals surface area (Å²) in [6, 6.07) is 4.87. The van der Waals surface area contributed by atoms with E-state index >= 15 is 0 Å². The molecule has 2 nitrogen and oxygen atoms in total. The Kier molecular flexibility index (Phi) is 3.04. The molecule has 96 valence electrons. The minimum Gasteiger partial charge on any atom is -0.458 e. The Hall–Kier alpha value is -1.06. The highest BCUT2D eigenvalue weighted by atomic mass is 35.5. The molecule has 0 spiro atoms. The van der Waals surface area contributed by atoms with Crippen molar-refractivity contribution in [2.75, 3.05) is 6.54 Å². The van der Waals surface area contributed by atoms with Crippen LogP contribution < -0.4 is 5.32 Å². The van der Waals surface area contributed by atoms with E-state index in [1.54, 1.807) is 0 Å². The Morgan fingerprint density at radius 2 is 2.22 bits per heavy atom. The first kappa shape index (κ1) is 12.0. The van der Waals surface area contributed by atoms with Crippen LogP contribution in [0.2, 0.25) is 5.02 Å². The van der Waals surface area contributed by atoms with Crippen LogP contribution in [0.4, 0.5) is 4.39 Å². The van der Waals surface area contributed by atoms with Gasteiger partial charge in [-0.05, 0) is 43.5 Å². The lowest BCUT2D eigenvalue weighted by Crippen LogP contribution is -2.21. The first-order valence-electron chi connectivity index (χ1n) is 6.31. The molecule has 3 rings (SSSR count). The summed E-state index contributed by atoms with van der Waals surface area (Å²) in [5.41, 5.74) is 0.580. The van der Waals surface area contributed by atoms with Crippen molar-refractivity contribution in [3.8, 4) is 0 Å². The van der Waals surface area contributed by atoms with Gasteiger partial charge in [-0.1, -0.05) is 18.5 Å². The molecule has 0 aliphatic heterocycles. The van der Waals surface area contributed by atoms with Crippen LogP contribution >= 0.6 is 11.6 Å². The average Bonchev–Trinajstić information content (AvgIpc) is 3.06. The van der Waals surface area contributed by atoms with E-state index in [1.165, 1.54) is 25.0 Å². The second-order valence-corrected chi connectivity index (χ2v) is 5.23. The van der Waals surface area contributed by atoms with Gasteiger partial charge in [0, 0.05) is 5.39 Å². The first-order chi connectivity index (χ1) is 8.69. The van der Waals surface area contributed by atoms with Gasteiger partial charge >= 0.3 is 0 Å². The van der Waals surface area contributed by atoms with Gasteiger partial charge in [0.05, 0.1) is 11.1 Å². The van der Waals surface area contributed by atoms with Crippen molar-refractivity contribution in [2.24, 2.45) is 5.92 Å². The van der Waals surface area contributed by atoms with Gasteiger partial charge in [0.1, 0.15) is 11.6 Å². The molecule has 1 saturated carbocycles. The maximum atomic E-state index is 13.3. The van der Waals surface area contributed by atoms with Crippen molar-refractivity contribution in [1.82, 2.24) is 5.32 Å². The fourth-order valence-electron chi connectivity index (χ4n) is 2.40. The molecule has 1 atom stereocenters. The van der Waals surface area contributed by atoms with Gasteiger partial charge in [-0.25, -0.2) is 4.39 Å².